The van der Waals surface area contributed by atoms with E-state index < -0.39 is 0 Å². The summed E-state index contributed by atoms with van der Waals surface area (Å²) >= 11 is 1.35. The topological polar surface area (TPSA) is 82.5 Å². The first kappa shape index (κ1) is 12.3. The molecule has 2 aromatic rings. The first-order valence-electron chi connectivity index (χ1n) is 5.45. The standard InChI is InChI=1S/C12H10N4OS/c13-4-1-2-9(6-14)7-16-8-15-10-3-5-18-11(10)12(16)17/h3,5,8-9H,1-2,7H2/t9-/m0/s1. The molecule has 0 radical (unpaired) electrons. The van der Waals surface area contributed by atoms with Crippen molar-refractivity contribution >= 4 is 21.6 Å². The molecule has 2 rings (SSSR count). The van der Waals surface area contributed by atoms with Gasteiger partial charge in [-0.25, -0.2) is 4.98 Å². The highest BCUT2D eigenvalue weighted by atomic mass is 32.1. The monoisotopic (exact) mass is 258 g/mol. The fraction of sp³-hybridized carbons (Fsp3) is 0.333. The van der Waals surface area contributed by atoms with Crippen LogP contribution in [-0.2, 0) is 6.54 Å². The Bertz CT molecular complexity index is 688. The molecule has 0 aliphatic carbocycles. The van der Waals surface area contributed by atoms with Crippen molar-refractivity contribution in [3.05, 3.63) is 28.1 Å². The van der Waals surface area contributed by atoms with Gasteiger partial charge in [-0.2, -0.15) is 10.5 Å². The zero-order valence-corrected chi connectivity index (χ0v) is 10.4. The Balaban J connectivity index is 2.26. The van der Waals surface area contributed by atoms with Gasteiger partial charge >= 0.3 is 0 Å². The lowest BCUT2D eigenvalue weighted by molar-refractivity contribution is 0.499. The van der Waals surface area contributed by atoms with E-state index in [1.54, 1.807) is 6.07 Å². The van der Waals surface area contributed by atoms with E-state index >= 15 is 0 Å². The molecule has 5 nitrogen and oxygen atoms in total. The van der Waals surface area contributed by atoms with E-state index in [9.17, 15) is 4.79 Å². The smallest absolute Gasteiger partial charge is 0.271 e. The maximum absolute atomic E-state index is 12.1. The van der Waals surface area contributed by atoms with E-state index in [0.29, 0.717) is 23.1 Å². The Labute approximate surface area is 108 Å². The fourth-order valence-corrected chi connectivity index (χ4v) is 2.47. The summed E-state index contributed by atoms with van der Waals surface area (Å²) in [6.45, 7) is 0.290. The van der Waals surface area contributed by atoms with Gasteiger partial charge in [0.2, 0.25) is 0 Å². The van der Waals surface area contributed by atoms with Crippen molar-refractivity contribution in [1.82, 2.24) is 9.55 Å². The molecule has 0 unspecified atom stereocenters. The van der Waals surface area contributed by atoms with Gasteiger partial charge in [-0.15, -0.1) is 11.3 Å². The Morgan fingerprint density at radius 1 is 1.50 bits per heavy atom. The summed E-state index contributed by atoms with van der Waals surface area (Å²) in [5.74, 6) is -0.332. The first-order chi connectivity index (χ1) is 8.76. The van der Waals surface area contributed by atoms with Crippen LogP contribution in [0.1, 0.15) is 12.8 Å². The molecule has 0 saturated carbocycles. The summed E-state index contributed by atoms with van der Waals surface area (Å²) in [5, 5.41) is 19.3. The summed E-state index contributed by atoms with van der Waals surface area (Å²) in [4.78, 5) is 16.2. The van der Waals surface area contributed by atoms with E-state index in [4.69, 9.17) is 10.5 Å². The van der Waals surface area contributed by atoms with Gasteiger partial charge in [0.1, 0.15) is 4.70 Å². The molecular formula is C12H10N4OS. The lowest BCUT2D eigenvalue weighted by Gasteiger charge is -2.08. The van der Waals surface area contributed by atoms with Crippen molar-refractivity contribution in [2.24, 2.45) is 5.92 Å². The molecule has 0 aliphatic rings. The van der Waals surface area contributed by atoms with Crippen LogP contribution in [0, 0.1) is 28.6 Å². The number of hydrogen-bond donors (Lipinski definition) is 0. The Kier molecular flexibility index (Phi) is 3.71. The average molecular weight is 258 g/mol. The number of thiophene rings is 1. The van der Waals surface area contributed by atoms with Gasteiger partial charge in [-0.05, 0) is 17.9 Å². The highest BCUT2D eigenvalue weighted by Crippen LogP contribution is 2.14. The summed E-state index contributed by atoms with van der Waals surface area (Å²) in [7, 11) is 0. The third kappa shape index (κ3) is 2.39. The zero-order chi connectivity index (χ0) is 13.0. The lowest BCUT2D eigenvalue weighted by Crippen LogP contribution is -2.23. The second kappa shape index (κ2) is 5.44. The van der Waals surface area contributed by atoms with Gasteiger partial charge < -0.3 is 0 Å². The van der Waals surface area contributed by atoms with Gasteiger partial charge in [0, 0.05) is 13.0 Å². The molecule has 2 heterocycles. The van der Waals surface area contributed by atoms with Crippen LogP contribution in [-0.4, -0.2) is 9.55 Å². The van der Waals surface area contributed by atoms with Crippen molar-refractivity contribution in [3.8, 4) is 12.1 Å². The molecule has 0 spiro atoms. The molecule has 0 amide bonds. The van der Waals surface area contributed by atoms with Crippen LogP contribution in [0.2, 0.25) is 0 Å². The van der Waals surface area contributed by atoms with Crippen LogP contribution < -0.4 is 5.56 Å². The predicted octanol–water partition coefficient (Wildman–Crippen LogP) is 1.90. The van der Waals surface area contributed by atoms with E-state index in [-0.39, 0.29) is 18.0 Å². The van der Waals surface area contributed by atoms with Gasteiger partial charge in [0.05, 0.1) is 29.9 Å². The molecular weight excluding hydrogens is 248 g/mol. The number of hydrogen-bond acceptors (Lipinski definition) is 5. The Morgan fingerprint density at radius 2 is 2.33 bits per heavy atom. The highest BCUT2D eigenvalue weighted by Gasteiger charge is 2.11. The lowest BCUT2D eigenvalue weighted by atomic mass is 10.1. The van der Waals surface area contributed by atoms with Crippen molar-refractivity contribution in [1.29, 1.82) is 10.5 Å². The van der Waals surface area contributed by atoms with E-state index in [0.717, 1.165) is 0 Å². The minimum atomic E-state index is -0.332. The molecule has 2 aromatic heterocycles. The Morgan fingerprint density at radius 3 is 3.06 bits per heavy atom. The molecule has 0 saturated heterocycles. The second-order valence-electron chi connectivity index (χ2n) is 3.86. The maximum Gasteiger partial charge on any atom is 0.271 e. The highest BCUT2D eigenvalue weighted by molar-refractivity contribution is 7.17. The molecule has 0 N–H and O–H groups in total. The second-order valence-corrected chi connectivity index (χ2v) is 4.78. The van der Waals surface area contributed by atoms with Gasteiger partial charge in [0.25, 0.3) is 5.56 Å². The summed E-state index contributed by atoms with van der Waals surface area (Å²) in [6.07, 6.45) is 2.26. The van der Waals surface area contributed by atoms with Gasteiger partial charge in [-0.3, -0.25) is 9.36 Å². The van der Waals surface area contributed by atoms with Crippen LogP contribution in [0.5, 0.6) is 0 Å². The van der Waals surface area contributed by atoms with Crippen molar-refractivity contribution in [2.45, 2.75) is 19.4 Å². The predicted molar refractivity (Wildman–Crippen MR) is 67.8 cm³/mol. The SMILES string of the molecule is N#CCC[C@@H](C#N)Cn1cnc2ccsc2c1=O. The van der Waals surface area contributed by atoms with E-state index in [1.165, 1.54) is 22.2 Å². The molecule has 0 aromatic carbocycles. The van der Waals surface area contributed by atoms with Gasteiger partial charge in [0.15, 0.2) is 0 Å². The van der Waals surface area contributed by atoms with Crippen LogP contribution in [0.15, 0.2) is 22.6 Å². The molecule has 0 aliphatic heterocycles. The van der Waals surface area contributed by atoms with Crippen molar-refractivity contribution < 1.29 is 0 Å². The molecule has 0 fully saturated rings. The average Bonchev–Trinajstić information content (AvgIpc) is 2.86. The van der Waals surface area contributed by atoms with Gasteiger partial charge in [-0.1, -0.05) is 0 Å². The number of fused-ring (bicyclic) bond motifs is 1. The molecule has 90 valence electrons. The largest absolute Gasteiger partial charge is 0.297 e. The number of nitriles is 2. The number of nitrogens with zero attached hydrogens (tertiary/aromatic N) is 4. The maximum atomic E-state index is 12.1. The fourth-order valence-electron chi connectivity index (χ4n) is 1.68. The molecule has 0 bridgehead atoms. The summed E-state index contributed by atoms with van der Waals surface area (Å²) in [5.41, 5.74) is 0.569. The third-order valence-electron chi connectivity index (χ3n) is 2.64. The van der Waals surface area contributed by atoms with Crippen LogP contribution in [0.25, 0.3) is 10.2 Å². The van der Waals surface area contributed by atoms with E-state index in [2.05, 4.69) is 11.1 Å². The quantitative estimate of drug-likeness (QED) is 0.838. The molecule has 6 heteroatoms. The number of rotatable bonds is 4. The first-order valence-corrected chi connectivity index (χ1v) is 6.33. The third-order valence-corrected chi connectivity index (χ3v) is 3.53. The summed E-state index contributed by atoms with van der Waals surface area (Å²) in [6, 6.07) is 5.92. The van der Waals surface area contributed by atoms with Crippen molar-refractivity contribution in [3.63, 3.8) is 0 Å². The molecule has 1 atom stereocenters. The number of aromatic nitrogens is 2. The molecule has 18 heavy (non-hydrogen) atoms. The summed E-state index contributed by atoms with van der Waals surface area (Å²) < 4.78 is 2.05. The minimum Gasteiger partial charge on any atom is -0.297 e. The van der Waals surface area contributed by atoms with E-state index in [1.807, 2.05) is 11.4 Å². The van der Waals surface area contributed by atoms with Crippen LogP contribution in [0.3, 0.4) is 0 Å². The van der Waals surface area contributed by atoms with Crippen LogP contribution >= 0.6 is 11.3 Å². The zero-order valence-electron chi connectivity index (χ0n) is 9.54. The van der Waals surface area contributed by atoms with Crippen molar-refractivity contribution in [2.75, 3.05) is 0 Å². The minimum absolute atomic E-state index is 0.118. The van der Waals surface area contributed by atoms with Crippen LogP contribution in [0.4, 0.5) is 0 Å². The Hall–Kier alpha value is -2.18. The normalized spacial score (nSPS) is 11.9.